The van der Waals surface area contributed by atoms with E-state index in [1.165, 1.54) is 0 Å². The molecular weight excluding hydrogens is 182 g/mol. The molecule has 0 aliphatic heterocycles. The number of hydrogen-bond donors (Lipinski definition) is 2. The largest absolute Gasteiger partial charge is 0.478 e. The van der Waals surface area contributed by atoms with Crippen LogP contribution < -0.4 is 10.1 Å². The summed E-state index contributed by atoms with van der Waals surface area (Å²) in [4.78, 5) is 8.06. The SMILES string of the molecule is CCOc1ccnc(NCC(C)O)n1. The molecule has 0 aliphatic rings. The van der Waals surface area contributed by atoms with Gasteiger partial charge in [-0.1, -0.05) is 0 Å². The lowest BCUT2D eigenvalue weighted by molar-refractivity contribution is 0.208. The third kappa shape index (κ3) is 3.57. The lowest BCUT2D eigenvalue weighted by Crippen LogP contribution is -2.16. The molecule has 78 valence electrons. The Bertz CT molecular complexity index is 279. The smallest absolute Gasteiger partial charge is 0.226 e. The zero-order valence-corrected chi connectivity index (χ0v) is 8.40. The number of anilines is 1. The Hall–Kier alpha value is -1.36. The van der Waals surface area contributed by atoms with Crippen molar-refractivity contribution in [1.29, 1.82) is 0 Å². The van der Waals surface area contributed by atoms with Crippen LogP contribution in [0.25, 0.3) is 0 Å². The molecule has 0 saturated carbocycles. The Labute approximate surface area is 83.2 Å². The molecule has 0 radical (unpaired) electrons. The van der Waals surface area contributed by atoms with Crippen molar-refractivity contribution in [3.8, 4) is 5.88 Å². The first-order chi connectivity index (χ1) is 6.72. The predicted octanol–water partition coefficient (Wildman–Crippen LogP) is 0.668. The Morgan fingerprint density at radius 1 is 1.64 bits per heavy atom. The third-order valence-electron chi connectivity index (χ3n) is 1.48. The molecule has 1 unspecified atom stereocenters. The number of aromatic nitrogens is 2. The zero-order valence-electron chi connectivity index (χ0n) is 8.40. The van der Waals surface area contributed by atoms with Crippen molar-refractivity contribution in [2.75, 3.05) is 18.5 Å². The second kappa shape index (κ2) is 5.39. The van der Waals surface area contributed by atoms with Crippen LogP contribution in [-0.2, 0) is 0 Å². The molecule has 0 bridgehead atoms. The van der Waals surface area contributed by atoms with Crippen molar-refractivity contribution in [3.05, 3.63) is 12.3 Å². The van der Waals surface area contributed by atoms with Crippen molar-refractivity contribution in [2.45, 2.75) is 20.0 Å². The summed E-state index contributed by atoms with van der Waals surface area (Å²) in [5.41, 5.74) is 0. The minimum atomic E-state index is -0.422. The molecular formula is C9H15N3O2. The van der Waals surface area contributed by atoms with Crippen molar-refractivity contribution in [3.63, 3.8) is 0 Å². The summed E-state index contributed by atoms with van der Waals surface area (Å²) in [7, 11) is 0. The van der Waals surface area contributed by atoms with Crippen molar-refractivity contribution in [2.24, 2.45) is 0 Å². The quantitative estimate of drug-likeness (QED) is 0.726. The third-order valence-corrected chi connectivity index (χ3v) is 1.48. The van der Waals surface area contributed by atoms with Gasteiger partial charge < -0.3 is 15.2 Å². The van der Waals surface area contributed by atoms with Crippen LogP contribution in [0.1, 0.15) is 13.8 Å². The van der Waals surface area contributed by atoms with E-state index in [4.69, 9.17) is 9.84 Å². The molecule has 0 saturated heterocycles. The molecule has 1 aromatic heterocycles. The van der Waals surface area contributed by atoms with E-state index in [2.05, 4.69) is 15.3 Å². The van der Waals surface area contributed by atoms with Crippen molar-refractivity contribution in [1.82, 2.24) is 9.97 Å². The predicted molar refractivity (Wildman–Crippen MR) is 53.4 cm³/mol. The Morgan fingerprint density at radius 2 is 2.43 bits per heavy atom. The fraction of sp³-hybridized carbons (Fsp3) is 0.556. The van der Waals surface area contributed by atoms with Crippen LogP contribution in [0.15, 0.2) is 12.3 Å². The van der Waals surface area contributed by atoms with Crippen molar-refractivity contribution >= 4 is 5.95 Å². The summed E-state index contributed by atoms with van der Waals surface area (Å²) in [6, 6.07) is 1.69. The van der Waals surface area contributed by atoms with Gasteiger partial charge in [0.25, 0.3) is 0 Å². The van der Waals surface area contributed by atoms with Gasteiger partial charge in [-0.05, 0) is 13.8 Å². The standard InChI is InChI=1S/C9H15N3O2/c1-3-14-8-4-5-10-9(12-8)11-6-7(2)13/h4-5,7,13H,3,6H2,1-2H3,(H,10,11,12). The summed E-state index contributed by atoms with van der Waals surface area (Å²) < 4.78 is 5.20. The summed E-state index contributed by atoms with van der Waals surface area (Å²) in [5, 5.41) is 11.9. The molecule has 5 nitrogen and oxygen atoms in total. The lowest BCUT2D eigenvalue weighted by Gasteiger charge is -2.07. The number of hydrogen-bond acceptors (Lipinski definition) is 5. The van der Waals surface area contributed by atoms with Crippen LogP contribution >= 0.6 is 0 Å². The fourth-order valence-corrected chi connectivity index (χ4v) is 0.895. The van der Waals surface area contributed by atoms with E-state index in [0.29, 0.717) is 25.0 Å². The van der Waals surface area contributed by atoms with E-state index in [9.17, 15) is 0 Å². The highest BCUT2D eigenvalue weighted by Gasteiger charge is 2.00. The molecule has 1 aromatic rings. The van der Waals surface area contributed by atoms with Gasteiger partial charge in [0.1, 0.15) is 0 Å². The van der Waals surface area contributed by atoms with Crippen LogP contribution in [0, 0.1) is 0 Å². The molecule has 0 amide bonds. The maximum absolute atomic E-state index is 9.04. The van der Waals surface area contributed by atoms with E-state index < -0.39 is 6.10 Å². The molecule has 14 heavy (non-hydrogen) atoms. The summed E-state index contributed by atoms with van der Waals surface area (Å²) in [6.45, 7) is 4.59. The highest BCUT2D eigenvalue weighted by Crippen LogP contribution is 2.07. The van der Waals surface area contributed by atoms with Gasteiger partial charge in [-0.2, -0.15) is 4.98 Å². The number of nitrogens with one attached hydrogen (secondary N) is 1. The second-order valence-corrected chi connectivity index (χ2v) is 2.88. The average molecular weight is 197 g/mol. The molecule has 0 fully saturated rings. The summed E-state index contributed by atoms with van der Waals surface area (Å²) in [6.07, 6.45) is 1.19. The van der Waals surface area contributed by atoms with Crippen LogP contribution in [-0.4, -0.2) is 34.3 Å². The van der Waals surface area contributed by atoms with Gasteiger partial charge in [-0.25, -0.2) is 4.98 Å². The number of aliphatic hydroxyl groups is 1. The summed E-state index contributed by atoms with van der Waals surface area (Å²) in [5.74, 6) is 1.01. The van der Waals surface area contributed by atoms with Crippen LogP contribution in [0.4, 0.5) is 5.95 Å². The summed E-state index contributed by atoms with van der Waals surface area (Å²) >= 11 is 0. The highest BCUT2D eigenvalue weighted by molar-refractivity contribution is 5.27. The van der Waals surface area contributed by atoms with E-state index in [-0.39, 0.29) is 0 Å². The molecule has 0 aromatic carbocycles. The molecule has 2 N–H and O–H groups in total. The minimum absolute atomic E-state index is 0.422. The molecule has 0 spiro atoms. The molecule has 1 rings (SSSR count). The van der Waals surface area contributed by atoms with Gasteiger partial charge in [0.2, 0.25) is 11.8 Å². The van der Waals surface area contributed by atoms with E-state index in [1.807, 2.05) is 6.92 Å². The highest BCUT2D eigenvalue weighted by atomic mass is 16.5. The maximum Gasteiger partial charge on any atom is 0.226 e. The first-order valence-corrected chi connectivity index (χ1v) is 4.60. The van der Waals surface area contributed by atoms with Gasteiger partial charge in [0, 0.05) is 18.8 Å². The van der Waals surface area contributed by atoms with Gasteiger partial charge in [-0.15, -0.1) is 0 Å². The number of nitrogens with zero attached hydrogens (tertiary/aromatic N) is 2. The monoisotopic (exact) mass is 197 g/mol. The molecule has 1 heterocycles. The normalized spacial score (nSPS) is 12.2. The van der Waals surface area contributed by atoms with E-state index in [0.717, 1.165) is 0 Å². The topological polar surface area (TPSA) is 67.3 Å². The second-order valence-electron chi connectivity index (χ2n) is 2.88. The number of aliphatic hydroxyl groups excluding tert-OH is 1. The van der Waals surface area contributed by atoms with Gasteiger partial charge in [0.05, 0.1) is 12.7 Å². The first kappa shape index (κ1) is 10.7. The van der Waals surface area contributed by atoms with Crippen molar-refractivity contribution < 1.29 is 9.84 Å². The minimum Gasteiger partial charge on any atom is -0.478 e. The molecule has 5 heteroatoms. The van der Waals surface area contributed by atoms with Crippen LogP contribution in [0.5, 0.6) is 5.88 Å². The number of ether oxygens (including phenoxy) is 1. The van der Waals surface area contributed by atoms with Crippen LogP contribution in [0.3, 0.4) is 0 Å². The van der Waals surface area contributed by atoms with Gasteiger partial charge >= 0.3 is 0 Å². The Morgan fingerprint density at radius 3 is 3.07 bits per heavy atom. The van der Waals surface area contributed by atoms with Gasteiger partial charge in [0.15, 0.2) is 0 Å². The zero-order chi connectivity index (χ0) is 10.4. The fourth-order valence-electron chi connectivity index (χ4n) is 0.895. The Kier molecular flexibility index (Phi) is 4.12. The van der Waals surface area contributed by atoms with E-state index >= 15 is 0 Å². The molecule has 1 atom stereocenters. The Balaban J connectivity index is 2.54. The maximum atomic E-state index is 9.04. The van der Waals surface area contributed by atoms with E-state index in [1.54, 1.807) is 19.2 Å². The number of rotatable bonds is 5. The lowest BCUT2D eigenvalue weighted by atomic mass is 10.4. The molecule has 0 aliphatic carbocycles. The van der Waals surface area contributed by atoms with Gasteiger partial charge in [-0.3, -0.25) is 0 Å². The first-order valence-electron chi connectivity index (χ1n) is 4.60. The average Bonchev–Trinajstić information content (AvgIpc) is 2.16. The van der Waals surface area contributed by atoms with Crippen LogP contribution in [0.2, 0.25) is 0 Å².